The maximum Gasteiger partial charge on any atom is 0.248 e. The van der Waals surface area contributed by atoms with Gasteiger partial charge in [-0.15, -0.1) is 0 Å². The number of nitrogens with one attached hydrogen (secondary N) is 1. The number of nitrogens with zero attached hydrogens (tertiary/aromatic N) is 2. The molecule has 0 aliphatic rings. The number of hydrogen-bond donors (Lipinski definition) is 2. The number of primary amides is 1. The van der Waals surface area contributed by atoms with Crippen LogP contribution in [-0.4, -0.2) is 37.5 Å². The van der Waals surface area contributed by atoms with Crippen molar-refractivity contribution < 1.29 is 9.53 Å². The zero-order valence-electron chi connectivity index (χ0n) is 15.5. The van der Waals surface area contributed by atoms with E-state index in [2.05, 4.69) is 15.2 Å². The van der Waals surface area contributed by atoms with Crippen LogP contribution >= 0.6 is 0 Å². The van der Waals surface area contributed by atoms with Crippen LogP contribution in [-0.2, 0) is 13.1 Å². The third-order valence-corrected chi connectivity index (χ3v) is 3.90. The van der Waals surface area contributed by atoms with Crippen molar-refractivity contribution in [1.82, 2.24) is 10.2 Å². The summed E-state index contributed by atoms with van der Waals surface area (Å²) in [6.07, 6.45) is 0. The van der Waals surface area contributed by atoms with Crippen LogP contribution in [0.5, 0.6) is 5.75 Å². The Morgan fingerprint density at radius 1 is 1.19 bits per heavy atom. The maximum absolute atomic E-state index is 11.3. The fourth-order valence-corrected chi connectivity index (χ4v) is 2.54. The topological polar surface area (TPSA) is 79.9 Å². The molecule has 2 aromatic rings. The molecule has 0 atom stereocenters. The summed E-state index contributed by atoms with van der Waals surface area (Å²) in [4.78, 5) is 18.0. The fourth-order valence-electron chi connectivity index (χ4n) is 2.54. The molecule has 0 spiro atoms. The number of nitrogens with two attached hydrogens (primary N) is 1. The van der Waals surface area contributed by atoms with Crippen LogP contribution < -0.4 is 15.8 Å². The summed E-state index contributed by atoms with van der Waals surface area (Å²) >= 11 is 0. The van der Waals surface area contributed by atoms with Gasteiger partial charge in [-0.05, 0) is 42.3 Å². The lowest BCUT2D eigenvalue weighted by Crippen LogP contribution is -2.38. The number of methoxy groups -OCH3 is 1. The molecule has 0 saturated carbocycles. The van der Waals surface area contributed by atoms with E-state index in [4.69, 9.17) is 10.5 Å². The molecule has 2 rings (SSSR count). The molecule has 0 heterocycles. The lowest BCUT2D eigenvalue weighted by Gasteiger charge is -2.22. The highest BCUT2D eigenvalue weighted by Crippen LogP contribution is 2.13. The van der Waals surface area contributed by atoms with Gasteiger partial charge >= 0.3 is 0 Å². The van der Waals surface area contributed by atoms with Crippen molar-refractivity contribution in [1.29, 1.82) is 0 Å². The predicted molar refractivity (Wildman–Crippen MR) is 104 cm³/mol. The van der Waals surface area contributed by atoms with E-state index < -0.39 is 5.91 Å². The lowest BCUT2D eigenvalue weighted by molar-refractivity contribution is 0.1000. The molecule has 3 N–H and O–H groups in total. The van der Waals surface area contributed by atoms with Gasteiger partial charge in [-0.2, -0.15) is 0 Å². The highest BCUT2D eigenvalue weighted by atomic mass is 16.5. The van der Waals surface area contributed by atoms with Gasteiger partial charge < -0.3 is 20.7 Å². The van der Waals surface area contributed by atoms with Crippen molar-refractivity contribution in [3.8, 4) is 5.75 Å². The number of ether oxygens (including phenoxy) is 1. The van der Waals surface area contributed by atoms with Crippen LogP contribution in [0.3, 0.4) is 0 Å². The Kier molecular flexibility index (Phi) is 7.02. The predicted octanol–water partition coefficient (Wildman–Crippen LogP) is 2.39. The van der Waals surface area contributed by atoms with Crippen LogP contribution in [0.1, 0.15) is 28.4 Å². The van der Waals surface area contributed by atoms with Gasteiger partial charge in [0.15, 0.2) is 5.96 Å². The molecule has 0 radical (unpaired) electrons. The number of aliphatic imine (C=N–C) groups is 1. The Morgan fingerprint density at radius 3 is 2.54 bits per heavy atom. The van der Waals surface area contributed by atoms with E-state index in [1.165, 1.54) is 0 Å². The molecule has 6 nitrogen and oxygen atoms in total. The molecular formula is C20H26N4O2. The van der Waals surface area contributed by atoms with E-state index in [-0.39, 0.29) is 0 Å². The Morgan fingerprint density at radius 2 is 1.92 bits per heavy atom. The second-order valence-electron chi connectivity index (χ2n) is 5.94. The molecule has 0 bridgehead atoms. The molecule has 2 aromatic carbocycles. The number of amides is 1. The number of benzene rings is 2. The van der Waals surface area contributed by atoms with E-state index in [0.29, 0.717) is 12.1 Å². The smallest absolute Gasteiger partial charge is 0.248 e. The minimum atomic E-state index is -0.431. The van der Waals surface area contributed by atoms with Crippen LogP contribution in [0.15, 0.2) is 53.5 Å². The zero-order chi connectivity index (χ0) is 18.9. The minimum Gasteiger partial charge on any atom is -0.497 e. The Balaban J connectivity index is 2.09. The molecule has 0 aromatic heterocycles. The van der Waals surface area contributed by atoms with Gasteiger partial charge in [0.1, 0.15) is 5.75 Å². The monoisotopic (exact) mass is 354 g/mol. The summed E-state index contributed by atoms with van der Waals surface area (Å²) in [6, 6.07) is 15.2. The second-order valence-corrected chi connectivity index (χ2v) is 5.94. The Labute approximate surface area is 154 Å². The Bertz CT molecular complexity index is 757. The third-order valence-electron chi connectivity index (χ3n) is 3.90. The van der Waals surface area contributed by atoms with Crippen LogP contribution in [0.4, 0.5) is 0 Å². The zero-order valence-corrected chi connectivity index (χ0v) is 15.5. The summed E-state index contributed by atoms with van der Waals surface area (Å²) < 4.78 is 5.19. The van der Waals surface area contributed by atoms with E-state index in [1.807, 2.05) is 50.4 Å². The van der Waals surface area contributed by atoms with Gasteiger partial charge in [0.2, 0.25) is 5.91 Å². The second kappa shape index (κ2) is 9.46. The summed E-state index contributed by atoms with van der Waals surface area (Å²) in [6.45, 7) is 3.99. The SMILES string of the molecule is CCNC(=NCc1cccc(C(N)=O)c1)N(C)Cc1ccc(OC)cc1. The molecule has 0 saturated heterocycles. The summed E-state index contributed by atoms with van der Waals surface area (Å²) in [5.41, 5.74) is 7.93. The van der Waals surface area contributed by atoms with Crippen LogP contribution in [0.2, 0.25) is 0 Å². The summed E-state index contributed by atoms with van der Waals surface area (Å²) in [5.74, 6) is 1.21. The van der Waals surface area contributed by atoms with Crippen molar-refractivity contribution in [2.45, 2.75) is 20.0 Å². The molecule has 0 fully saturated rings. The van der Waals surface area contributed by atoms with E-state index in [0.717, 1.165) is 35.9 Å². The van der Waals surface area contributed by atoms with Gasteiger partial charge in [-0.3, -0.25) is 4.79 Å². The van der Waals surface area contributed by atoms with Crippen LogP contribution in [0.25, 0.3) is 0 Å². The number of guanidine groups is 1. The number of rotatable bonds is 7. The maximum atomic E-state index is 11.3. The first-order valence-electron chi connectivity index (χ1n) is 8.54. The van der Waals surface area contributed by atoms with Gasteiger partial charge in [0.25, 0.3) is 0 Å². The molecule has 0 aliphatic heterocycles. The van der Waals surface area contributed by atoms with Crippen molar-refractivity contribution >= 4 is 11.9 Å². The van der Waals surface area contributed by atoms with Gasteiger partial charge in [0.05, 0.1) is 13.7 Å². The lowest BCUT2D eigenvalue weighted by atomic mass is 10.1. The molecule has 6 heteroatoms. The largest absolute Gasteiger partial charge is 0.497 e. The number of hydrogen-bond acceptors (Lipinski definition) is 3. The highest BCUT2D eigenvalue weighted by molar-refractivity contribution is 5.92. The van der Waals surface area contributed by atoms with E-state index >= 15 is 0 Å². The van der Waals surface area contributed by atoms with Crippen molar-refractivity contribution in [2.75, 3.05) is 20.7 Å². The van der Waals surface area contributed by atoms with Crippen molar-refractivity contribution in [3.05, 3.63) is 65.2 Å². The van der Waals surface area contributed by atoms with Crippen molar-refractivity contribution in [3.63, 3.8) is 0 Å². The molecule has 26 heavy (non-hydrogen) atoms. The average Bonchev–Trinajstić information content (AvgIpc) is 2.65. The highest BCUT2D eigenvalue weighted by Gasteiger charge is 2.07. The first-order valence-corrected chi connectivity index (χ1v) is 8.54. The van der Waals surface area contributed by atoms with Gasteiger partial charge in [0, 0.05) is 25.7 Å². The van der Waals surface area contributed by atoms with Crippen LogP contribution in [0, 0.1) is 0 Å². The molecule has 1 amide bonds. The normalized spacial score (nSPS) is 11.1. The van der Waals surface area contributed by atoms with Gasteiger partial charge in [-0.25, -0.2) is 4.99 Å². The average molecular weight is 354 g/mol. The molecular weight excluding hydrogens is 328 g/mol. The van der Waals surface area contributed by atoms with Gasteiger partial charge in [-0.1, -0.05) is 24.3 Å². The molecule has 138 valence electrons. The first kappa shape index (κ1) is 19.3. The first-order chi connectivity index (χ1) is 12.5. The number of carbonyl (C=O) groups is 1. The fraction of sp³-hybridized carbons (Fsp3) is 0.300. The third kappa shape index (κ3) is 5.51. The molecule has 0 unspecified atom stereocenters. The quantitative estimate of drug-likeness (QED) is 0.591. The molecule has 0 aliphatic carbocycles. The Hall–Kier alpha value is -3.02. The van der Waals surface area contributed by atoms with E-state index in [9.17, 15) is 4.79 Å². The summed E-state index contributed by atoms with van der Waals surface area (Å²) in [5, 5.41) is 3.29. The number of carbonyl (C=O) groups excluding carboxylic acids is 1. The van der Waals surface area contributed by atoms with Crippen molar-refractivity contribution in [2.24, 2.45) is 10.7 Å². The summed E-state index contributed by atoms with van der Waals surface area (Å²) in [7, 11) is 3.65. The minimum absolute atomic E-state index is 0.431. The van der Waals surface area contributed by atoms with E-state index in [1.54, 1.807) is 19.2 Å². The standard InChI is InChI=1S/C20H26N4O2/c1-4-22-20(23-13-16-6-5-7-17(12-16)19(21)25)24(2)14-15-8-10-18(26-3)11-9-15/h5-12H,4,13-14H2,1-3H3,(H2,21,25)(H,22,23).